The van der Waals surface area contributed by atoms with Crippen LogP contribution in [0.1, 0.15) is 31.5 Å². The molecule has 0 unspecified atom stereocenters. The van der Waals surface area contributed by atoms with Gasteiger partial charge in [0.2, 0.25) is 11.8 Å². The van der Waals surface area contributed by atoms with E-state index in [1.807, 2.05) is 55.4 Å². The van der Waals surface area contributed by atoms with Gasteiger partial charge in [-0.1, -0.05) is 38.1 Å². The number of nitrogens with zero attached hydrogens (tertiary/aromatic N) is 2. The summed E-state index contributed by atoms with van der Waals surface area (Å²) in [7, 11) is 0. The predicted octanol–water partition coefficient (Wildman–Crippen LogP) is 0.868. The van der Waals surface area contributed by atoms with Crippen molar-refractivity contribution in [3.63, 3.8) is 0 Å². The summed E-state index contributed by atoms with van der Waals surface area (Å²) in [6.45, 7) is 8.16. The first kappa shape index (κ1) is 28.3. The van der Waals surface area contributed by atoms with Crippen molar-refractivity contribution >= 4 is 29.4 Å². The minimum absolute atomic E-state index is 0.171. The molecule has 2 fully saturated rings. The van der Waals surface area contributed by atoms with Crippen LogP contribution in [0.4, 0.5) is 0 Å². The Morgan fingerprint density at radius 2 is 2.08 bits per heavy atom. The number of rotatable bonds is 10. The van der Waals surface area contributed by atoms with Gasteiger partial charge in [0, 0.05) is 31.6 Å². The zero-order chi connectivity index (χ0) is 27.3. The highest BCUT2D eigenvalue weighted by Gasteiger charge is 2.41. The molecule has 0 radical (unpaired) electrons. The second kappa shape index (κ2) is 12.4. The topological polar surface area (TPSA) is 133 Å². The third-order valence-electron chi connectivity index (χ3n) is 7.24. The minimum Gasteiger partial charge on any atom is -0.392 e. The zero-order valence-corrected chi connectivity index (χ0v) is 22.9. The minimum atomic E-state index is -0.763. The van der Waals surface area contributed by atoms with Gasteiger partial charge >= 0.3 is 0 Å². The number of likely N-dealkylation sites (tertiary alicyclic amines) is 1. The molecule has 2 aromatic rings. The molecule has 206 valence electrons. The van der Waals surface area contributed by atoms with E-state index in [1.54, 1.807) is 11.3 Å². The van der Waals surface area contributed by atoms with Crippen molar-refractivity contribution in [1.29, 1.82) is 0 Å². The molecule has 0 aliphatic carbocycles. The van der Waals surface area contributed by atoms with Crippen molar-refractivity contribution in [3.05, 3.63) is 41.0 Å². The van der Waals surface area contributed by atoms with Gasteiger partial charge in [-0.05, 0) is 24.5 Å². The maximum absolute atomic E-state index is 13.2. The van der Waals surface area contributed by atoms with Gasteiger partial charge in [-0.15, -0.1) is 11.3 Å². The lowest BCUT2D eigenvalue weighted by molar-refractivity contribution is -0.130. The summed E-state index contributed by atoms with van der Waals surface area (Å²) in [5.41, 5.74) is 4.21. The lowest BCUT2D eigenvalue weighted by atomic mass is 9.84. The number of amides is 2. The highest BCUT2D eigenvalue weighted by Crippen LogP contribution is 2.29. The van der Waals surface area contributed by atoms with Gasteiger partial charge in [0.1, 0.15) is 12.3 Å². The molecule has 38 heavy (non-hydrogen) atoms. The van der Waals surface area contributed by atoms with Crippen molar-refractivity contribution < 1.29 is 24.2 Å². The molecule has 4 rings (SSSR count). The molecule has 2 saturated heterocycles. The Kier molecular flexibility index (Phi) is 9.27. The Hall–Kier alpha value is -2.70. The fourth-order valence-electron chi connectivity index (χ4n) is 5.01. The van der Waals surface area contributed by atoms with E-state index in [-0.39, 0.29) is 18.4 Å². The molecule has 0 bridgehead atoms. The van der Waals surface area contributed by atoms with Crippen LogP contribution in [-0.4, -0.2) is 90.2 Å². The van der Waals surface area contributed by atoms with Gasteiger partial charge in [0.05, 0.1) is 47.5 Å². The van der Waals surface area contributed by atoms with Gasteiger partial charge < -0.3 is 30.6 Å². The number of aliphatic hydroxyl groups excluding tert-OH is 1. The number of benzene rings is 1. The third kappa shape index (κ3) is 6.83. The Labute approximate surface area is 227 Å². The van der Waals surface area contributed by atoms with Crippen LogP contribution in [0, 0.1) is 12.3 Å². The number of thiazole rings is 1. The van der Waals surface area contributed by atoms with Crippen LogP contribution in [0.25, 0.3) is 10.4 Å². The zero-order valence-electron chi connectivity index (χ0n) is 22.1. The third-order valence-corrected chi connectivity index (χ3v) is 8.21. The molecular formula is C27H37N5O5S. The number of carbonyl (C=O) groups is 3. The molecule has 1 aromatic carbocycles. The number of hydrogen-bond acceptors (Lipinski definition) is 9. The van der Waals surface area contributed by atoms with Gasteiger partial charge in [0.15, 0.2) is 0 Å². The molecule has 0 saturated carbocycles. The largest absolute Gasteiger partial charge is 0.392 e. The number of morpholine rings is 1. The second-order valence-corrected chi connectivity index (χ2v) is 11.6. The van der Waals surface area contributed by atoms with E-state index in [0.717, 1.165) is 28.0 Å². The van der Waals surface area contributed by atoms with Crippen LogP contribution < -0.4 is 16.0 Å². The maximum Gasteiger partial charge on any atom is 0.240 e. The average molecular weight is 544 g/mol. The number of aliphatic hydroxyl groups is 1. The summed E-state index contributed by atoms with van der Waals surface area (Å²) < 4.78 is 5.35. The van der Waals surface area contributed by atoms with Crippen molar-refractivity contribution in [2.75, 3.05) is 32.8 Å². The van der Waals surface area contributed by atoms with Crippen LogP contribution in [0.15, 0.2) is 29.8 Å². The molecule has 2 amide bonds. The lowest BCUT2D eigenvalue weighted by Gasteiger charge is -2.37. The van der Waals surface area contributed by atoms with E-state index in [2.05, 4.69) is 20.9 Å². The number of hydrogen-bond donors (Lipinski definition) is 4. The van der Waals surface area contributed by atoms with Gasteiger partial charge in [-0.2, -0.15) is 0 Å². The Morgan fingerprint density at radius 1 is 1.32 bits per heavy atom. The van der Waals surface area contributed by atoms with Gasteiger partial charge in [-0.3, -0.25) is 14.5 Å². The molecule has 10 nitrogen and oxygen atoms in total. The number of β-amino-alcohol motifs (C(OH)–C–C–N with tert-alkyl or cyclic N) is 1. The van der Waals surface area contributed by atoms with Crippen molar-refractivity contribution in [2.45, 2.75) is 58.0 Å². The number of carbonyl (C=O) groups excluding carboxylic acids is 3. The molecule has 2 aliphatic rings. The summed E-state index contributed by atoms with van der Waals surface area (Å²) in [4.78, 5) is 45.1. The maximum atomic E-state index is 13.2. The second-order valence-electron chi connectivity index (χ2n) is 10.7. The van der Waals surface area contributed by atoms with Gasteiger partial charge in [0.25, 0.3) is 0 Å². The number of nitrogens with one attached hydrogen (secondary N) is 3. The summed E-state index contributed by atoms with van der Waals surface area (Å²) in [6, 6.07) is 6.23. The van der Waals surface area contributed by atoms with Crippen LogP contribution in [0.3, 0.4) is 0 Å². The molecule has 3 heterocycles. The smallest absolute Gasteiger partial charge is 0.240 e. The van der Waals surface area contributed by atoms with E-state index in [9.17, 15) is 19.5 Å². The SMILES string of the molecule is Cc1ncsc1-c1ccc(CNC(=O)[C@@H]2C[C@@H](O)CN2CC(C)(C)[C@@H](C=O)NC(=O)[C@@H]2COCCN2)cc1. The fraction of sp³-hybridized carbons (Fsp3) is 0.556. The van der Waals surface area contributed by atoms with E-state index in [1.165, 1.54) is 0 Å². The van der Waals surface area contributed by atoms with Crippen molar-refractivity contribution in [3.8, 4) is 10.4 Å². The summed E-state index contributed by atoms with van der Waals surface area (Å²) >= 11 is 1.60. The Bertz CT molecular complexity index is 1120. The lowest BCUT2D eigenvalue weighted by Crippen LogP contribution is -2.58. The van der Waals surface area contributed by atoms with Crippen molar-refractivity contribution in [2.24, 2.45) is 5.41 Å². The summed E-state index contributed by atoms with van der Waals surface area (Å²) in [6.07, 6.45) is 0.407. The molecule has 0 spiro atoms. The molecule has 11 heteroatoms. The first-order chi connectivity index (χ1) is 18.2. The number of aldehydes is 1. The van der Waals surface area contributed by atoms with Crippen LogP contribution in [0.5, 0.6) is 0 Å². The molecule has 1 aromatic heterocycles. The van der Waals surface area contributed by atoms with Crippen LogP contribution >= 0.6 is 11.3 Å². The standard InChI is InChI=1S/C27H37N5O5S/c1-17-24(38-16-30-17)19-6-4-18(5-7-19)11-29-26(36)22-10-20(34)12-32(22)15-27(2,3)23(13-33)31-25(35)21-14-37-9-8-28-21/h4-7,13,16,20-23,28,34H,8-12,14-15H2,1-3H3,(H,29,36)(H,31,35)/t20-,21+,22+,23-/m1/s1. The fourth-order valence-corrected chi connectivity index (χ4v) is 5.82. The normalized spacial score (nSPS) is 23.1. The van der Waals surface area contributed by atoms with Gasteiger partial charge in [-0.25, -0.2) is 4.98 Å². The highest BCUT2D eigenvalue weighted by atomic mass is 32.1. The molecular weight excluding hydrogens is 506 g/mol. The highest BCUT2D eigenvalue weighted by molar-refractivity contribution is 7.13. The van der Waals surface area contributed by atoms with E-state index < -0.39 is 29.6 Å². The summed E-state index contributed by atoms with van der Waals surface area (Å²) in [5, 5.41) is 19.3. The van der Waals surface area contributed by atoms with Crippen LogP contribution in [0.2, 0.25) is 0 Å². The van der Waals surface area contributed by atoms with E-state index in [0.29, 0.717) is 39.2 Å². The molecule has 2 aliphatic heterocycles. The average Bonchev–Trinajstić information content (AvgIpc) is 3.50. The van der Waals surface area contributed by atoms with Crippen LogP contribution in [-0.2, 0) is 25.7 Å². The first-order valence-electron chi connectivity index (χ1n) is 12.9. The Morgan fingerprint density at radius 3 is 2.71 bits per heavy atom. The molecule has 4 N–H and O–H groups in total. The van der Waals surface area contributed by atoms with E-state index >= 15 is 0 Å². The first-order valence-corrected chi connectivity index (χ1v) is 13.8. The predicted molar refractivity (Wildman–Crippen MR) is 145 cm³/mol. The number of aromatic nitrogens is 1. The quantitative estimate of drug-likeness (QED) is 0.325. The molecule has 4 atom stereocenters. The Balaban J connectivity index is 1.34. The van der Waals surface area contributed by atoms with Crippen molar-refractivity contribution in [1.82, 2.24) is 25.8 Å². The van der Waals surface area contributed by atoms with E-state index in [4.69, 9.17) is 4.74 Å². The number of ether oxygens (including phenoxy) is 1. The monoisotopic (exact) mass is 543 g/mol. The number of aryl methyl sites for hydroxylation is 1. The summed E-state index contributed by atoms with van der Waals surface area (Å²) in [5.74, 6) is -0.461.